The van der Waals surface area contributed by atoms with Gasteiger partial charge in [-0.15, -0.1) is 0 Å². The fourth-order valence-corrected chi connectivity index (χ4v) is 1.21. The summed E-state index contributed by atoms with van der Waals surface area (Å²) < 4.78 is 27.4. The number of amides is 1. The number of carbonyl (C=O) groups is 1. The first-order valence-corrected chi connectivity index (χ1v) is 5.62. The Labute approximate surface area is 84.1 Å². The van der Waals surface area contributed by atoms with Crippen LogP contribution in [0.15, 0.2) is 0 Å². The van der Waals surface area contributed by atoms with Crippen molar-refractivity contribution in [3.05, 3.63) is 0 Å². The van der Waals surface area contributed by atoms with Crippen molar-refractivity contribution < 1.29 is 17.4 Å². The number of nitrogens with one attached hydrogen (secondary N) is 1. The second-order valence-corrected chi connectivity index (χ2v) is 4.44. The molecule has 1 amide bonds. The molecule has 6 nitrogen and oxygen atoms in total. The van der Waals surface area contributed by atoms with Gasteiger partial charge < -0.3 is 5.73 Å². The van der Waals surface area contributed by atoms with Gasteiger partial charge in [-0.2, -0.15) is 8.42 Å². The largest absolute Gasteiger partial charge is 0.361 e. The van der Waals surface area contributed by atoms with Crippen LogP contribution in [-0.2, 0) is 19.3 Å². The van der Waals surface area contributed by atoms with E-state index in [1.54, 1.807) is 11.6 Å². The molecule has 0 saturated heterocycles. The summed E-state index contributed by atoms with van der Waals surface area (Å²) in [6.45, 7) is 3.63. The van der Waals surface area contributed by atoms with Gasteiger partial charge in [-0.1, -0.05) is 20.3 Å². The van der Waals surface area contributed by atoms with Gasteiger partial charge in [-0.05, 0) is 5.92 Å². The maximum Gasteiger partial charge on any atom is 0.361 e. The van der Waals surface area contributed by atoms with Crippen molar-refractivity contribution >= 4 is 16.2 Å². The Hall–Kier alpha value is -0.660. The molecule has 2 atom stereocenters. The fraction of sp³-hybridized carbons (Fsp3) is 0.857. The lowest BCUT2D eigenvalue weighted by Crippen LogP contribution is -2.46. The van der Waals surface area contributed by atoms with Gasteiger partial charge in [0.2, 0.25) is 0 Å². The first-order chi connectivity index (χ1) is 6.34. The van der Waals surface area contributed by atoms with Gasteiger partial charge in [0, 0.05) is 0 Å². The highest BCUT2D eigenvalue weighted by Crippen LogP contribution is 2.05. The first-order valence-electron chi connectivity index (χ1n) is 4.21. The first kappa shape index (κ1) is 13.3. The summed E-state index contributed by atoms with van der Waals surface area (Å²) in [5, 5.41) is 0. The van der Waals surface area contributed by atoms with Crippen LogP contribution in [-0.4, -0.2) is 27.5 Å². The minimum Gasteiger partial charge on any atom is -0.320 e. The quantitative estimate of drug-likeness (QED) is 0.647. The zero-order valence-electron chi connectivity index (χ0n) is 8.48. The molecule has 7 heteroatoms. The molecule has 0 spiro atoms. The van der Waals surface area contributed by atoms with Gasteiger partial charge in [0.15, 0.2) is 0 Å². The smallest absolute Gasteiger partial charge is 0.320 e. The van der Waals surface area contributed by atoms with Crippen molar-refractivity contribution in [3.8, 4) is 0 Å². The van der Waals surface area contributed by atoms with Crippen LogP contribution in [0.2, 0.25) is 0 Å². The number of hydrogen-bond acceptors (Lipinski definition) is 5. The standard InChI is InChI=1S/C7H16N2O4S/c1-4-5(2)6(8)7(10)9-14(11,12)13-3/h5-6H,4,8H2,1-3H3,(H,9,10)/t5-,6-/m0/s1. The summed E-state index contributed by atoms with van der Waals surface area (Å²) in [4.78, 5) is 11.2. The highest BCUT2D eigenvalue weighted by molar-refractivity contribution is 7.85. The Morgan fingerprint density at radius 3 is 2.43 bits per heavy atom. The molecule has 0 saturated carbocycles. The number of carbonyl (C=O) groups excluding carboxylic acids is 1. The molecule has 0 aromatic heterocycles. The number of rotatable bonds is 5. The average Bonchev–Trinajstić information content (AvgIpc) is 2.14. The summed E-state index contributed by atoms with van der Waals surface area (Å²) >= 11 is 0. The molecule has 84 valence electrons. The third-order valence-electron chi connectivity index (χ3n) is 2.00. The predicted molar refractivity (Wildman–Crippen MR) is 51.5 cm³/mol. The monoisotopic (exact) mass is 224 g/mol. The molecular formula is C7H16N2O4S. The van der Waals surface area contributed by atoms with Crippen molar-refractivity contribution in [2.75, 3.05) is 7.11 Å². The normalized spacial score (nSPS) is 16.0. The van der Waals surface area contributed by atoms with Crippen LogP contribution in [0.25, 0.3) is 0 Å². The van der Waals surface area contributed by atoms with Crippen molar-refractivity contribution in [2.45, 2.75) is 26.3 Å². The fourth-order valence-electron chi connectivity index (χ4n) is 0.745. The van der Waals surface area contributed by atoms with Crippen LogP contribution in [0.5, 0.6) is 0 Å². The minimum absolute atomic E-state index is 0.0814. The zero-order chi connectivity index (χ0) is 11.4. The second kappa shape index (κ2) is 5.28. The Bertz CT molecular complexity index is 288. The van der Waals surface area contributed by atoms with E-state index in [9.17, 15) is 13.2 Å². The van der Waals surface area contributed by atoms with Gasteiger partial charge in [-0.3, -0.25) is 8.98 Å². The van der Waals surface area contributed by atoms with E-state index < -0.39 is 22.3 Å². The lowest BCUT2D eigenvalue weighted by molar-refractivity contribution is -0.121. The summed E-state index contributed by atoms with van der Waals surface area (Å²) in [6.07, 6.45) is 0.696. The van der Waals surface area contributed by atoms with Gasteiger partial charge in [0.25, 0.3) is 5.91 Å². The molecule has 3 N–H and O–H groups in total. The molecule has 0 aromatic carbocycles. The molecule has 0 aliphatic rings. The Morgan fingerprint density at radius 1 is 1.57 bits per heavy atom. The van der Waals surface area contributed by atoms with E-state index in [1.807, 2.05) is 6.92 Å². The highest BCUT2D eigenvalue weighted by Gasteiger charge is 2.23. The molecule has 0 aliphatic carbocycles. The molecule has 0 bridgehead atoms. The predicted octanol–water partition coefficient (Wildman–Crippen LogP) is -0.633. The van der Waals surface area contributed by atoms with Crippen LogP contribution in [0.1, 0.15) is 20.3 Å². The van der Waals surface area contributed by atoms with Crippen LogP contribution in [0.3, 0.4) is 0 Å². The molecule has 0 radical (unpaired) electrons. The van der Waals surface area contributed by atoms with Crippen LogP contribution < -0.4 is 10.5 Å². The van der Waals surface area contributed by atoms with Crippen LogP contribution >= 0.6 is 0 Å². The van der Waals surface area contributed by atoms with E-state index in [4.69, 9.17) is 5.73 Å². The van der Waals surface area contributed by atoms with Gasteiger partial charge in [-0.25, -0.2) is 4.72 Å². The topological polar surface area (TPSA) is 98.5 Å². The van der Waals surface area contributed by atoms with Crippen molar-refractivity contribution in [3.63, 3.8) is 0 Å². The van der Waals surface area contributed by atoms with Crippen molar-refractivity contribution in [1.82, 2.24) is 4.72 Å². The van der Waals surface area contributed by atoms with E-state index in [1.165, 1.54) is 0 Å². The SMILES string of the molecule is CC[C@H](C)[C@H](N)C(=O)NS(=O)(=O)OC. The van der Waals surface area contributed by atoms with Gasteiger partial charge >= 0.3 is 10.3 Å². The van der Waals surface area contributed by atoms with Crippen LogP contribution in [0, 0.1) is 5.92 Å². The second-order valence-electron chi connectivity index (χ2n) is 3.00. The summed E-state index contributed by atoms with van der Waals surface area (Å²) in [7, 11) is -3.02. The zero-order valence-corrected chi connectivity index (χ0v) is 9.30. The Balaban J connectivity index is 4.36. The molecule has 0 heterocycles. The molecule has 0 aliphatic heterocycles. The Kier molecular flexibility index (Phi) is 5.03. The van der Waals surface area contributed by atoms with Crippen molar-refractivity contribution in [2.24, 2.45) is 11.7 Å². The maximum atomic E-state index is 11.2. The highest BCUT2D eigenvalue weighted by atomic mass is 32.2. The Morgan fingerprint density at radius 2 is 2.07 bits per heavy atom. The van der Waals surface area contributed by atoms with E-state index in [2.05, 4.69) is 4.18 Å². The third kappa shape index (κ3) is 4.03. The maximum absolute atomic E-state index is 11.2. The van der Waals surface area contributed by atoms with E-state index in [0.29, 0.717) is 6.42 Å². The molecule has 0 unspecified atom stereocenters. The summed E-state index contributed by atoms with van der Waals surface area (Å²) in [5.41, 5.74) is 5.50. The van der Waals surface area contributed by atoms with E-state index in [0.717, 1.165) is 7.11 Å². The molecule has 0 fully saturated rings. The van der Waals surface area contributed by atoms with E-state index in [-0.39, 0.29) is 5.92 Å². The van der Waals surface area contributed by atoms with E-state index >= 15 is 0 Å². The number of nitrogens with two attached hydrogens (primary N) is 1. The molecular weight excluding hydrogens is 208 g/mol. The van der Waals surface area contributed by atoms with Crippen LogP contribution in [0.4, 0.5) is 0 Å². The average molecular weight is 224 g/mol. The lowest BCUT2D eigenvalue weighted by Gasteiger charge is -2.16. The summed E-state index contributed by atoms with van der Waals surface area (Å²) in [5.74, 6) is -0.830. The minimum atomic E-state index is -3.99. The molecule has 0 rings (SSSR count). The number of hydrogen-bond donors (Lipinski definition) is 2. The molecule has 0 aromatic rings. The lowest BCUT2D eigenvalue weighted by atomic mass is 10.00. The molecule has 14 heavy (non-hydrogen) atoms. The third-order valence-corrected chi connectivity index (χ3v) is 2.89. The van der Waals surface area contributed by atoms with Crippen molar-refractivity contribution in [1.29, 1.82) is 0 Å². The summed E-state index contributed by atoms with van der Waals surface area (Å²) in [6, 6.07) is -0.843. The van der Waals surface area contributed by atoms with Gasteiger partial charge in [0.1, 0.15) is 0 Å². The van der Waals surface area contributed by atoms with Gasteiger partial charge in [0.05, 0.1) is 13.2 Å².